The lowest BCUT2D eigenvalue weighted by Gasteiger charge is -2.12. The highest BCUT2D eigenvalue weighted by molar-refractivity contribution is 6.32. The molecule has 0 saturated heterocycles. The maximum absolute atomic E-state index is 11.3. The van der Waals surface area contributed by atoms with E-state index in [2.05, 4.69) is 0 Å². The van der Waals surface area contributed by atoms with Gasteiger partial charge in [-0.15, -0.1) is 0 Å². The van der Waals surface area contributed by atoms with Crippen molar-refractivity contribution in [3.63, 3.8) is 0 Å². The third-order valence-corrected chi connectivity index (χ3v) is 3.46. The molecule has 0 spiro atoms. The van der Waals surface area contributed by atoms with Crippen molar-refractivity contribution in [2.75, 3.05) is 14.2 Å². The molecule has 0 fully saturated rings. The zero-order chi connectivity index (χ0) is 15.4. The number of hydrogen-bond donors (Lipinski definition) is 0. The van der Waals surface area contributed by atoms with Crippen LogP contribution in [0.1, 0.15) is 11.1 Å². The molecule has 0 aliphatic heterocycles. The molecule has 0 atom stereocenters. The Labute approximate surface area is 127 Å². The predicted octanol–water partition coefficient (Wildman–Crippen LogP) is 3.86. The van der Waals surface area contributed by atoms with Crippen molar-refractivity contribution in [3.8, 4) is 11.5 Å². The molecule has 2 aromatic rings. The topological polar surface area (TPSA) is 61.6 Å². The summed E-state index contributed by atoms with van der Waals surface area (Å²) in [6, 6.07) is 10.4. The van der Waals surface area contributed by atoms with E-state index in [1.165, 1.54) is 13.2 Å². The van der Waals surface area contributed by atoms with Crippen molar-refractivity contribution in [2.45, 2.75) is 6.42 Å². The zero-order valence-electron chi connectivity index (χ0n) is 11.6. The fourth-order valence-corrected chi connectivity index (χ4v) is 2.43. The van der Waals surface area contributed by atoms with Gasteiger partial charge < -0.3 is 9.47 Å². The van der Waals surface area contributed by atoms with Crippen molar-refractivity contribution in [1.29, 1.82) is 0 Å². The Morgan fingerprint density at radius 3 is 2.38 bits per heavy atom. The normalized spacial score (nSPS) is 10.2. The lowest BCUT2D eigenvalue weighted by atomic mass is 10.0. The Bertz CT molecular complexity index is 673. The Balaban J connectivity index is 2.57. The van der Waals surface area contributed by atoms with Gasteiger partial charge in [0.05, 0.1) is 24.7 Å². The standard InChI is InChI=1S/C15H14ClNO4/c1-20-13-6-4-3-5-10(13)9-11-14(21-2)8-7-12(16)15(11)17(18)19/h3-8H,9H2,1-2H3. The number of halogens is 1. The summed E-state index contributed by atoms with van der Waals surface area (Å²) in [5, 5.41) is 11.4. The molecule has 0 aliphatic rings. The monoisotopic (exact) mass is 307 g/mol. The molecule has 0 bridgehead atoms. The van der Waals surface area contributed by atoms with Crippen LogP contribution in [0.2, 0.25) is 5.02 Å². The molecule has 0 heterocycles. The van der Waals surface area contributed by atoms with Crippen molar-refractivity contribution in [3.05, 3.63) is 62.7 Å². The Kier molecular flexibility index (Phi) is 4.65. The van der Waals surface area contributed by atoms with Gasteiger partial charge in [-0.1, -0.05) is 29.8 Å². The molecular formula is C15H14ClNO4. The van der Waals surface area contributed by atoms with E-state index in [0.717, 1.165) is 5.56 Å². The average molecular weight is 308 g/mol. The Hall–Kier alpha value is -2.27. The van der Waals surface area contributed by atoms with Crippen LogP contribution in [0.15, 0.2) is 36.4 Å². The number of rotatable bonds is 5. The van der Waals surface area contributed by atoms with Gasteiger partial charge in [0.1, 0.15) is 16.5 Å². The van der Waals surface area contributed by atoms with Crippen LogP contribution in [-0.2, 0) is 6.42 Å². The molecule has 0 amide bonds. The molecule has 0 unspecified atom stereocenters. The summed E-state index contributed by atoms with van der Waals surface area (Å²) in [5.41, 5.74) is 1.12. The summed E-state index contributed by atoms with van der Waals surface area (Å²) in [5.74, 6) is 1.09. The number of nitro benzene ring substituents is 1. The van der Waals surface area contributed by atoms with Crippen molar-refractivity contribution < 1.29 is 14.4 Å². The highest BCUT2D eigenvalue weighted by Crippen LogP contribution is 2.37. The molecular weight excluding hydrogens is 294 g/mol. The SMILES string of the molecule is COc1ccccc1Cc1c(OC)ccc(Cl)c1[N+](=O)[O-]. The number of hydrogen-bond acceptors (Lipinski definition) is 4. The number of benzene rings is 2. The van der Waals surface area contributed by atoms with Crippen LogP contribution >= 0.6 is 11.6 Å². The number of methoxy groups -OCH3 is 2. The average Bonchev–Trinajstić information content (AvgIpc) is 2.47. The molecule has 0 aromatic heterocycles. The van der Waals surface area contributed by atoms with Gasteiger partial charge in [0.15, 0.2) is 0 Å². The minimum absolute atomic E-state index is 0.0886. The number of para-hydroxylation sites is 1. The van der Waals surface area contributed by atoms with E-state index < -0.39 is 4.92 Å². The van der Waals surface area contributed by atoms with E-state index >= 15 is 0 Å². The third kappa shape index (κ3) is 3.08. The fourth-order valence-electron chi connectivity index (χ4n) is 2.19. The molecule has 5 nitrogen and oxygen atoms in total. The molecule has 0 aliphatic carbocycles. The third-order valence-electron chi connectivity index (χ3n) is 3.15. The van der Waals surface area contributed by atoms with Crippen molar-refractivity contribution in [2.24, 2.45) is 0 Å². The van der Waals surface area contributed by atoms with Gasteiger partial charge in [0, 0.05) is 6.42 Å². The lowest BCUT2D eigenvalue weighted by molar-refractivity contribution is -0.385. The smallest absolute Gasteiger partial charge is 0.295 e. The van der Waals surface area contributed by atoms with E-state index in [1.54, 1.807) is 19.2 Å². The molecule has 110 valence electrons. The molecule has 0 radical (unpaired) electrons. The second kappa shape index (κ2) is 6.45. The summed E-state index contributed by atoms with van der Waals surface area (Å²) >= 11 is 5.96. The van der Waals surface area contributed by atoms with E-state index in [-0.39, 0.29) is 10.7 Å². The van der Waals surface area contributed by atoms with E-state index in [1.807, 2.05) is 18.2 Å². The van der Waals surface area contributed by atoms with Gasteiger partial charge in [-0.2, -0.15) is 0 Å². The quantitative estimate of drug-likeness (QED) is 0.621. The lowest BCUT2D eigenvalue weighted by Crippen LogP contribution is -2.02. The first-order chi connectivity index (χ1) is 10.1. The molecule has 6 heteroatoms. The van der Waals surface area contributed by atoms with E-state index in [0.29, 0.717) is 23.5 Å². The summed E-state index contributed by atoms with van der Waals surface area (Å²) in [7, 11) is 3.03. The van der Waals surface area contributed by atoms with Gasteiger partial charge in [0.2, 0.25) is 0 Å². The van der Waals surface area contributed by atoms with Gasteiger partial charge in [0.25, 0.3) is 5.69 Å². The van der Waals surface area contributed by atoms with E-state index in [9.17, 15) is 10.1 Å². The molecule has 2 rings (SSSR count). The van der Waals surface area contributed by atoms with Crippen LogP contribution < -0.4 is 9.47 Å². The van der Waals surface area contributed by atoms with Crippen LogP contribution in [0.25, 0.3) is 0 Å². The van der Waals surface area contributed by atoms with Crippen LogP contribution in [0.3, 0.4) is 0 Å². The van der Waals surface area contributed by atoms with Crippen LogP contribution in [0.5, 0.6) is 11.5 Å². The summed E-state index contributed by atoms with van der Waals surface area (Å²) < 4.78 is 10.5. The molecule has 2 aromatic carbocycles. The summed E-state index contributed by atoms with van der Waals surface area (Å²) in [6.45, 7) is 0. The zero-order valence-corrected chi connectivity index (χ0v) is 12.4. The number of ether oxygens (including phenoxy) is 2. The van der Waals surface area contributed by atoms with E-state index in [4.69, 9.17) is 21.1 Å². The largest absolute Gasteiger partial charge is 0.496 e. The molecule has 0 N–H and O–H groups in total. The van der Waals surface area contributed by atoms with Crippen LogP contribution in [0, 0.1) is 10.1 Å². The second-order valence-electron chi connectivity index (χ2n) is 4.32. The van der Waals surface area contributed by atoms with Gasteiger partial charge in [-0.3, -0.25) is 10.1 Å². The van der Waals surface area contributed by atoms with Gasteiger partial charge >= 0.3 is 0 Å². The first-order valence-corrected chi connectivity index (χ1v) is 6.58. The Morgan fingerprint density at radius 2 is 1.76 bits per heavy atom. The second-order valence-corrected chi connectivity index (χ2v) is 4.73. The Morgan fingerprint density at radius 1 is 1.10 bits per heavy atom. The minimum atomic E-state index is -0.490. The summed E-state index contributed by atoms with van der Waals surface area (Å²) in [6.07, 6.45) is 0.296. The number of nitro groups is 1. The minimum Gasteiger partial charge on any atom is -0.496 e. The molecule has 0 saturated carbocycles. The number of nitrogens with zero attached hydrogens (tertiary/aromatic N) is 1. The maximum atomic E-state index is 11.3. The van der Waals surface area contributed by atoms with Crippen LogP contribution in [-0.4, -0.2) is 19.1 Å². The summed E-state index contributed by atoms with van der Waals surface area (Å²) in [4.78, 5) is 10.8. The first-order valence-electron chi connectivity index (χ1n) is 6.20. The first kappa shape index (κ1) is 15.1. The predicted molar refractivity (Wildman–Crippen MR) is 80.5 cm³/mol. The van der Waals surface area contributed by atoms with Crippen molar-refractivity contribution >= 4 is 17.3 Å². The highest BCUT2D eigenvalue weighted by atomic mass is 35.5. The van der Waals surface area contributed by atoms with Crippen molar-refractivity contribution in [1.82, 2.24) is 0 Å². The van der Waals surface area contributed by atoms with Crippen LogP contribution in [0.4, 0.5) is 5.69 Å². The highest BCUT2D eigenvalue weighted by Gasteiger charge is 2.24. The fraction of sp³-hybridized carbons (Fsp3) is 0.200. The van der Waals surface area contributed by atoms with Gasteiger partial charge in [-0.05, 0) is 23.8 Å². The maximum Gasteiger partial charge on any atom is 0.295 e. The van der Waals surface area contributed by atoms with Gasteiger partial charge in [-0.25, -0.2) is 0 Å². The molecule has 21 heavy (non-hydrogen) atoms.